The Bertz CT molecular complexity index is 436. The van der Waals surface area contributed by atoms with E-state index in [1.807, 2.05) is 20.8 Å². The number of rotatable bonds is 4. The summed E-state index contributed by atoms with van der Waals surface area (Å²) >= 11 is 1.36. The number of phenols is 2. The van der Waals surface area contributed by atoms with Crippen molar-refractivity contribution in [1.82, 2.24) is 0 Å². The van der Waals surface area contributed by atoms with Crippen molar-refractivity contribution >= 4 is 11.8 Å². The minimum absolute atomic E-state index is 0.145. The van der Waals surface area contributed by atoms with Gasteiger partial charge >= 0.3 is 0 Å². The van der Waals surface area contributed by atoms with Crippen molar-refractivity contribution in [3.63, 3.8) is 0 Å². The lowest BCUT2D eigenvalue weighted by Crippen LogP contribution is -2.15. The second-order valence-corrected chi connectivity index (χ2v) is 6.22. The van der Waals surface area contributed by atoms with Crippen LogP contribution in [0.1, 0.15) is 39.7 Å². The molecule has 0 saturated heterocycles. The topological polar surface area (TPSA) is 40.5 Å². The van der Waals surface area contributed by atoms with Gasteiger partial charge in [0.15, 0.2) is 0 Å². The van der Waals surface area contributed by atoms with Crippen LogP contribution in [0.15, 0.2) is 28.5 Å². The largest absolute Gasteiger partial charge is 0.508 e. The molecule has 94 valence electrons. The van der Waals surface area contributed by atoms with E-state index in [2.05, 4.69) is 13.5 Å². The van der Waals surface area contributed by atoms with Gasteiger partial charge in [-0.25, -0.2) is 0 Å². The number of allylic oxidation sites excluding steroid dienone is 1. The maximum Gasteiger partial charge on any atom is 0.130 e. The zero-order valence-corrected chi connectivity index (χ0v) is 11.7. The van der Waals surface area contributed by atoms with E-state index in [1.165, 1.54) is 11.8 Å². The predicted molar refractivity (Wildman–Crippen MR) is 73.8 cm³/mol. The van der Waals surface area contributed by atoms with Gasteiger partial charge in [-0.05, 0) is 35.8 Å². The standard InChI is InChI=1S/C14H20O2S/c1-6-14(4,5)10-7-12(16)13(8-11(10)15)17-9(2)3/h7-8,15-16H,2,6H2,1,3-5H3. The van der Waals surface area contributed by atoms with Gasteiger partial charge in [-0.15, -0.1) is 0 Å². The third-order valence-corrected chi connectivity index (χ3v) is 3.87. The molecule has 0 aliphatic heterocycles. The first-order valence-electron chi connectivity index (χ1n) is 5.67. The maximum atomic E-state index is 10.0. The summed E-state index contributed by atoms with van der Waals surface area (Å²) in [4.78, 5) is 1.52. The Morgan fingerprint density at radius 1 is 1.29 bits per heavy atom. The number of hydrogen-bond donors (Lipinski definition) is 2. The van der Waals surface area contributed by atoms with E-state index in [4.69, 9.17) is 0 Å². The van der Waals surface area contributed by atoms with Crippen LogP contribution in [0.5, 0.6) is 11.5 Å². The maximum absolute atomic E-state index is 10.0. The van der Waals surface area contributed by atoms with Crippen molar-refractivity contribution in [3.8, 4) is 11.5 Å². The summed E-state index contributed by atoms with van der Waals surface area (Å²) in [6, 6.07) is 3.27. The van der Waals surface area contributed by atoms with Crippen LogP contribution in [0, 0.1) is 0 Å². The zero-order valence-electron chi connectivity index (χ0n) is 10.9. The summed E-state index contributed by atoms with van der Waals surface area (Å²) < 4.78 is 0. The molecule has 2 nitrogen and oxygen atoms in total. The van der Waals surface area contributed by atoms with Crippen LogP contribution in [0.25, 0.3) is 0 Å². The molecule has 0 unspecified atom stereocenters. The third-order valence-electron chi connectivity index (χ3n) is 2.97. The first-order chi connectivity index (χ1) is 7.77. The molecular formula is C14H20O2S. The van der Waals surface area contributed by atoms with E-state index in [1.54, 1.807) is 12.1 Å². The number of aromatic hydroxyl groups is 2. The fourth-order valence-corrected chi connectivity index (χ4v) is 2.27. The molecular weight excluding hydrogens is 232 g/mol. The molecule has 0 heterocycles. The van der Waals surface area contributed by atoms with Gasteiger partial charge in [0.2, 0.25) is 0 Å². The van der Waals surface area contributed by atoms with Crippen LogP contribution < -0.4 is 0 Å². The van der Waals surface area contributed by atoms with Crippen molar-refractivity contribution < 1.29 is 10.2 Å². The van der Waals surface area contributed by atoms with Crippen molar-refractivity contribution in [2.24, 2.45) is 0 Å². The van der Waals surface area contributed by atoms with Gasteiger partial charge in [0.1, 0.15) is 11.5 Å². The second kappa shape index (κ2) is 5.05. The SMILES string of the molecule is C=C(C)Sc1cc(O)c(C(C)(C)CC)cc1O. The molecule has 3 heteroatoms. The minimum Gasteiger partial charge on any atom is -0.508 e. The lowest BCUT2D eigenvalue weighted by molar-refractivity contribution is 0.414. The Morgan fingerprint density at radius 3 is 2.35 bits per heavy atom. The fourth-order valence-electron chi connectivity index (χ4n) is 1.56. The summed E-state index contributed by atoms with van der Waals surface area (Å²) in [5, 5.41) is 20.0. The van der Waals surface area contributed by atoms with Crippen LogP contribution in [0.2, 0.25) is 0 Å². The Kier molecular flexibility index (Phi) is 4.15. The van der Waals surface area contributed by atoms with E-state index in [0.717, 1.165) is 16.9 Å². The van der Waals surface area contributed by atoms with Gasteiger partial charge < -0.3 is 10.2 Å². The predicted octanol–water partition coefficient (Wildman–Crippen LogP) is 4.41. The average molecular weight is 252 g/mol. The molecule has 1 aromatic rings. The van der Waals surface area contributed by atoms with E-state index >= 15 is 0 Å². The van der Waals surface area contributed by atoms with Gasteiger partial charge in [0.05, 0.1) is 4.90 Å². The monoisotopic (exact) mass is 252 g/mol. The molecule has 0 amide bonds. The average Bonchev–Trinajstić information content (AvgIpc) is 2.22. The molecule has 1 rings (SSSR count). The molecule has 0 bridgehead atoms. The zero-order chi connectivity index (χ0) is 13.2. The third kappa shape index (κ3) is 3.19. The Morgan fingerprint density at radius 2 is 1.88 bits per heavy atom. The number of phenolic OH excluding ortho intramolecular Hbond substituents is 2. The highest BCUT2D eigenvalue weighted by Gasteiger charge is 2.23. The van der Waals surface area contributed by atoms with Crippen LogP contribution in [-0.4, -0.2) is 10.2 Å². The normalized spacial score (nSPS) is 11.5. The summed E-state index contributed by atoms with van der Waals surface area (Å²) in [5.74, 6) is 0.436. The molecule has 0 spiro atoms. The van der Waals surface area contributed by atoms with Crippen LogP contribution in [0.4, 0.5) is 0 Å². The molecule has 1 aromatic carbocycles. The van der Waals surface area contributed by atoms with Crippen LogP contribution >= 0.6 is 11.8 Å². The Balaban J connectivity index is 3.23. The fraction of sp³-hybridized carbons (Fsp3) is 0.429. The van der Waals surface area contributed by atoms with Crippen molar-refractivity contribution in [2.45, 2.75) is 44.4 Å². The van der Waals surface area contributed by atoms with E-state index in [-0.39, 0.29) is 16.9 Å². The highest BCUT2D eigenvalue weighted by Crippen LogP contribution is 2.42. The summed E-state index contributed by atoms with van der Waals surface area (Å²) in [7, 11) is 0. The van der Waals surface area contributed by atoms with Gasteiger partial charge in [-0.2, -0.15) is 0 Å². The highest BCUT2D eigenvalue weighted by atomic mass is 32.2. The summed E-state index contributed by atoms with van der Waals surface area (Å²) in [6.07, 6.45) is 0.896. The molecule has 0 radical (unpaired) electrons. The summed E-state index contributed by atoms with van der Waals surface area (Å²) in [6.45, 7) is 11.8. The van der Waals surface area contributed by atoms with Gasteiger partial charge in [-0.1, -0.05) is 39.1 Å². The Hall–Kier alpha value is -1.09. The smallest absolute Gasteiger partial charge is 0.130 e. The quantitative estimate of drug-likeness (QED) is 0.616. The van der Waals surface area contributed by atoms with E-state index in [9.17, 15) is 10.2 Å². The molecule has 2 N–H and O–H groups in total. The first-order valence-corrected chi connectivity index (χ1v) is 6.49. The van der Waals surface area contributed by atoms with Crippen LogP contribution in [-0.2, 0) is 5.41 Å². The summed E-state index contributed by atoms with van der Waals surface area (Å²) in [5.41, 5.74) is 0.636. The van der Waals surface area contributed by atoms with Gasteiger partial charge in [0.25, 0.3) is 0 Å². The van der Waals surface area contributed by atoms with Crippen molar-refractivity contribution in [2.75, 3.05) is 0 Å². The van der Waals surface area contributed by atoms with E-state index in [0.29, 0.717) is 4.90 Å². The van der Waals surface area contributed by atoms with Crippen molar-refractivity contribution in [3.05, 3.63) is 29.2 Å². The molecule has 0 aliphatic carbocycles. The van der Waals surface area contributed by atoms with Gasteiger partial charge in [-0.3, -0.25) is 0 Å². The number of thioether (sulfide) groups is 1. The molecule has 0 saturated carbocycles. The lowest BCUT2D eigenvalue weighted by atomic mass is 9.81. The molecule has 0 fully saturated rings. The lowest BCUT2D eigenvalue weighted by Gasteiger charge is -2.25. The molecule has 17 heavy (non-hydrogen) atoms. The Labute approximate surface area is 107 Å². The van der Waals surface area contributed by atoms with Gasteiger partial charge in [0, 0.05) is 5.56 Å². The molecule has 0 aliphatic rings. The van der Waals surface area contributed by atoms with Crippen LogP contribution in [0.3, 0.4) is 0 Å². The number of hydrogen-bond acceptors (Lipinski definition) is 3. The first kappa shape index (κ1) is 14.0. The van der Waals surface area contributed by atoms with E-state index < -0.39 is 0 Å². The van der Waals surface area contributed by atoms with Crippen molar-refractivity contribution in [1.29, 1.82) is 0 Å². The minimum atomic E-state index is -0.145. The number of benzene rings is 1. The molecule has 0 aromatic heterocycles. The molecule has 0 atom stereocenters. The second-order valence-electron chi connectivity index (χ2n) is 4.88. The highest BCUT2D eigenvalue weighted by molar-refractivity contribution is 8.03.